The largest absolute Gasteiger partial charge is 0.497 e. The van der Waals surface area contributed by atoms with Crippen LogP contribution in [0.2, 0.25) is 10.0 Å². The summed E-state index contributed by atoms with van der Waals surface area (Å²) in [5, 5.41) is 16.0. The second kappa shape index (κ2) is 13.8. The smallest absolute Gasteiger partial charge is 0.244 e. The maximum absolute atomic E-state index is 13.1. The third kappa shape index (κ3) is 7.00. The molecule has 4 aromatic rings. The number of methoxy groups -OCH3 is 1. The number of allylic oxidation sites excluding steroid dienone is 1. The summed E-state index contributed by atoms with van der Waals surface area (Å²) in [6.45, 7) is 6.35. The van der Waals surface area contributed by atoms with Crippen molar-refractivity contribution in [3.8, 4) is 10.8 Å². The fourth-order valence-corrected chi connectivity index (χ4v) is 6.49. The van der Waals surface area contributed by atoms with E-state index in [0.717, 1.165) is 44.4 Å². The Morgan fingerprint density at radius 2 is 1.73 bits per heavy atom. The van der Waals surface area contributed by atoms with Gasteiger partial charge in [0.2, 0.25) is 11.8 Å². The highest BCUT2D eigenvalue weighted by atomic mass is 35.5. The topological polar surface area (TPSA) is 128 Å². The molecule has 232 valence electrons. The number of nitrogens with one attached hydrogen (secondary N) is 2. The summed E-state index contributed by atoms with van der Waals surface area (Å²) in [6, 6.07) is 11.5. The van der Waals surface area contributed by atoms with E-state index in [1.807, 2.05) is 35.8 Å². The maximum atomic E-state index is 13.1. The number of thiophene rings is 1. The van der Waals surface area contributed by atoms with Crippen LogP contribution >= 0.6 is 34.5 Å². The van der Waals surface area contributed by atoms with Gasteiger partial charge in [0.25, 0.3) is 0 Å². The molecular weight excluding hydrogens is 635 g/mol. The molecule has 10 nitrogen and oxygen atoms in total. The standard InChI is InChI=1S/C32H30Cl2N6O4S/c1-17-18(2)45-32-29(17)30(20-5-7-21(33)8-6-20)37-25(31-39-38-19(3)40(31)32)16-28(43)36-14-13-35-27(42)12-11-26(41)23-10-9-22(44-4)15-24(23)34/h5-12,15,25H,13-14,16H2,1-4H3,(H,35,42)(H,36,43)/b12-11+/t25-/m0/s1. The first-order valence-corrected chi connectivity index (χ1v) is 15.6. The molecule has 1 atom stereocenters. The van der Waals surface area contributed by atoms with E-state index in [9.17, 15) is 14.4 Å². The third-order valence-corrected chi connectivity index (χ3v) is 9.07. The Balaban J connectivity index is 1.25. The van der Waals surface area contributed by atoms with Crippen molar-refractivity contribution in [1.82, 2.24) is 25.4 Å². The highest BCUT2D eigenvalue weighted by Crippen LogP contribution is 2.39. The number of carbonyl (C=O) groups excluding carboxylic acids is 3. The van der Waals surface area contributed by atoms with Crippen LogP contribution in [0.1, 0.15) is 56.0 Å². The van der Waals surface area contributed by atoms with Gasteiger partial charge < -0.3 is 15.4 Å². The number of fused-ring (bicyclic) bond motifs is 3. The highest BCUT2D eigenvalue weighted by molar-refractivity contribution is 7.15. The fraction of sp³-hybridized carbons (Fsp3) is 0.250. The Kier molecular flexibility index (Phi) is 9.81. The number of benzene rings is 2. The number of carbonyl (C=O) groups is 3. The number of aromatic nitrogens is 3. The molecule has 0 bridgehead atoms. The van der Waals surface area contributed by atoms with Crippen LogP contribution in [-0.2, 0) is 9.59 Å². The van der Waals surface area contributed by atoms with Gasteiger partial charge in [0.15, 0.2) is 11.6 Å². The zero-order chi connectivity index (χ0) is 32.2. The van der Waals surface area contributed by atoms with Gasteiger partial charge >= 0.3 is 0 Å². The predicted molar refractivity (Wildman–Crippen MR) is 175 cm³/mol. The molecular formula is C32H30Cl2N6O4S. The SMILES string of the molecule is COc1ccc(C(=O)/C=C/C(=O)NCCNC(=O)C[C@@H]2N=C(c3ccc(Cl)cc3)c3c(sc(C)c3C)-n3c(C)nnc32)c(Cl)c1. The summed E-state index contributed by atoms with van der Waals surface area (Å²) in [7, 11) is 1.50. The summed E-state index contributed by atoms with van der Waals surface area (Å²) >= 11 is 14.0. The number of ketones is 1. The van der Waals surface area contributed by atoms with Gasteiger partial charge in [-0.2, -0.15) is 0 Å². The van der Waals surface area contributed by atoms with Crippen LogP contribution in [0.15, 0.2) is 59.6 Å². The van der Waals surface area contributed by atoms with E-state index in [1.165, 1.54) is 19.2 Å². The number of nitrogens with zero attached hydrogens (tertiary/aromatic N) is 4. The van der Waals surface area contributed by atoms with Crippen LogP contribution in [0.25, 0.3) is 5.00 Å². The lowest BCUT2D eigenvalue weighted by atomic mass is 9.99. The molecule has 5 rings (SSSR count). The summed E-state index contributed by atoms with van der Waals surface area (Å²) in [5.74, 6) is 0.633. The van der Waals surface area contributed by atoms with E-state index in [0.29, 0.717) is 22.4 Å². The number of hydrogen-bond acceptors (Lipinski definition) is 8. The van der Waals surface area contributed by atoms with Gasteiger partial charge in [-0.3, -0.25) is 23.9 Å². The molecule has 0 spiro atoms. The van der Waals surface area contributed by atoms with Crippen molar-refractivity contribution in [2.45, 2.75) is 33.2 Å². The first-order valence-electron chi connectivity index (χ1n) is 14.0. The van der Waals surface area contributed by atoms with Crippen LogP contribution in [-0.4, -0.2) is 58.3 Å². The zero-order valence-corrected chi connectivity index (χ0v) is 27.3. The highest BCUT2D eigenvalue weighted by Gasteiger charge is 2.32. The Morgan fingerprint density at radius 1 is 1.00 bits per heavy atom. The molecule has 0 unspecified atom stereocenters. The molecule has 2 aromatic carbocycles. The molecule has 1 aliphatic rings. The van der Waals surface area contributed by atoms with Crippen molar-refractivity contribution in [2.24, 2.45) is 4.99 Å². The number of hydrogen-bond donors (Lipinski definition) is 2. The summed E-state index contributed by atoms with van der Waals surface area (Å²) in [5.41, 5.74) is 3.98. The van der Waals surface area contributed by atoms with Gasteiger partial charge in [0.05, 0.1) is 24.3 Å². The molecule has 2 aromatic heterocycles. The molecule has 1 aliphatic heterocycles. The molecule has 3 heterocycles. The minimum Gasteiger partial charge on any atom is -0.497 e. The van der Waals surface area contributed by atoms with Crippen molar-refractivity contribution in [3.05, 3.63) is 103 Å². The number of ether oxygens (including phenoxy) is 1. The molecule has 2 amide bonds. The molecule has 0 aliphatic carbocycles. The van der Waals surface area contributed by atoms with Crippen LogP contribution < -0.4 is 15.4 Å². The quantitative estimate of drug-likeness (QED) is 0.131. The average molecular weight is 666 g/mol. The van der Waals surface area contributed by atoms with Gasteiger partial charge in [-0.05, 0) is 62.7 Å². The van der Waals surface area contributed by atoms with Gasteiger partial charge in [0.1, 0.15) is 22.6 Å². The third-order valence-electron chi connectivity index (χ3n) is 7.31. The van der Waals surface area contributed by atoms with E-state index in [2.05, 4.69) is 34.7 Å². The first kappa shape index (κ1) is 32.1. The van der Waals surface area contributed by atoms with Crippen LogP contribution in [0.5, 0.6) is 5.75 Å². The minimum absolute atomic E-state index is 0.0210. The second-order valence-electron chi connectivity index (χ2n) is 10.3. The van der Waals surface area contributed by atoms with E-state index in [4.69, 9.17) is 32.9 Å². The van der Waals surface area contributed by atoms with Crippen molar-refractivity contribution >= 4 is 57.8 Å². The number of halogens is 2. The minimum atomic E-state index is -0.607. The molecule has 0 saturated carbocycles. The van der Waals surface area contributed by atoms with Crippen LogP contribution in [0.4, 0.5) is 0 Å². The second-order valence-corrected chi connectivity index (χ2v) is 12.3. The Morgan fingerprint density at radius 3 is 2.44 bits per heavy atom. The Bertz CT molecular complexity index is 1840. The molecule has 0 fully saturated rings. The summed E-state index contributed by atoms with van der Waals surface area (Å²) < 4.78 is 7.07. The Labute approximate surface area is 274 Å². The van der Waals surface area contributed by atoms with E-state index in [1.54, 1.807) is 17.4 Å². The van der Waals surface area contributed by atoms with Crippen molar-refractivity contribution in [2.75, 3.05) is 20.2 Å². The normalized spacial score (nSPS) is 13.9. The van der Waals surface area contributed by atoms with Crippen molar-refractivity contribution < 1.29 is 19.1 Å². The molecule has 0 saturated heterocycles. The number of aliphatic imine (C=N–C) groups is 1. The molecule has 0 radical (unpaired) electrons. The zero-order valence-electron chi connectivity index (χ0n) is 25.0. The summed E-state index contributed by atoms with van der Waals surface area (Å²) in [6.07, 6.45) is 2.29. The van der Waals surface area contributed by atoms with E-state index < -0.39 is 17.7 Å². The Hall–Kier alpha value is -4.32. The van der Waals surface area contributed by atoms with Gasteiger partial charge in [-0.1, -0.05) is 35.3 Å². The van der Waals surface area contributed by atoms with E-state index >= 15 is 0 Å². The van der Waals surface area contributed by atoms with Crippen molar-refractivity contribution in [3.63, 3.8) is 0 Å². The molecule has 13 heteroatoms. The monoisotopic (exact) mass is 664 g/mol. The number of rotatable bonds is 10. The lowest BCUT2D eigenvalue weighted by molar-refractivity contribution is -0.122. The first-order chi connectivity index (χ1) is 21.6. The lowest BCUT2D eigenvalue weighted by Crippen LogP contribution is -2.34. The molecule has 45 heavy (non-hydrogen) atoms. The average Bonchev–Trinajstić information content (AvgIpc) is 3.50. The summed E-state index contributed by atoms with van der Waals surface area (Å²) in [4.78, 5) is 44.1. The van der Waals surface area contributed by atoms with Crippen molar-refractivity contribution in [1.29, 1.82) is 0 Å². The van der Waals surface area contributed by atoms with Crippen LogP contribution in [0.3, 0.4) is 0 Å². The van der Waals surface area contributed by atoms with Gasteiger partial charge in [-0.15, -0.1) is 21.5 Å². The molecule has 2 N–H and O–H groups in total. The lowest BCUT2D eigenvalue weighted by Gasteiger charge is -2.13. The van der Waals surface area contributed by atoms with E-state index in [-0.39, 0.29) is 36.0 Å². The van der Waals surface area contributed by atoms with Crippen LogP contribution in [0, 0.1) is 20.8 Å². The number of amides is 2. The van der Waals surface area contributed by atoms with Gasteiger partial charge in [-0.25, -0.2) is 0 Å². The maximum Gasteiger partial charge on any atom is 0.244 e. The fourth-order valence-electron chi connectivity index (χ4n) is 4.89. The predicted octanol–water partition coefficient (Wildman–Crippen LogP) is 5.52. The van der Waals surface area contributed by atoms with Gasteiger partial charge in [0, 0.05) is 45.8 Å². The number of aryl methyl sites for hydroxylation is 2.